The van der Waals surface area contributed by atoms with Crippen LogP contribution in [0.1, 0.15) is 102 Å². The van der Waals surface area contributed by atoms with Gasteiger partial charge in [-0.1, -0.05) is 44.1 Å². The molecule has 36 heavy (non-hydrogen) atoms. The van der Waals surface area contributed by atoms with Crippen LogP contribution in [0.3, 0.4) is 0 Å². The first-order valence-corrected chi connectivity index (χ1v) is 12.5. The average Bonchev–Trinajstić information content (AvgIpc) is 2.80. The van der Waals surface area contributed by atoms with Crippen LogP contribution in [0.2, 0.25) is 0 Å². The van der Waals surface area contributed by atoms with Crippen molar-refractivity contribution < 1.29 is 29.0 Å². The first-order chi connectivity index (χ1) is 16.9. The van der Waals surface area contributed by atoms with Crippen LogP contribution in [0.5, 0.6) is 11.5 Å². The summed E-state index contributed by atoms with van der Waals surface area (Å²) in [6.07, 6.45) is 5.87. The van der Waals surface area contributed by atoms with Gasteiger partial charge in [-0.2, -0.15) is 0 Å². The normalized spacial score (nSPS) is 13.4. The third kappa shape index (κ3) is 6.65. The third-order valence-corrected chi connectivity index (χ3v) is 6.34. The van der Waals surface area contributed by atoms with Crippen molar-refractivity contribution >= 4 is 22.7 Å². The summed E-state index contributed by atoms with van der Waals surface area (Å²) in [5.41, 5.74) is 1.57. The quantitative estimate of drug-likeness (QED) is 0.154. The zero-order chi connectivity index (χ0) is 27.2. The molecule has 0 aliphatic rings. The molecule has 0 aliphatic carbocycles. The van der Waals surface area contributed by atoms with E-state index in [1.165, 1.54) is 12.5 Å². The molecule has 1 heterocycles. The predicted octanol–water partition coefficient (Wildman–Crippen LogP) is 6.68. The summed E-state index contributed by atoms with van der Waals surface area (Å²) >= 11 is 0. The summed E-state index contributed by atoms with van der Waals surface area (Å²) in [6.45, 7) is 12.6. The second-order valence-electron chi connectivity index (χ2n) is 9.53. The van der Waals surface area contributed by atoms with Crippen LogP contribution in [0.15, 0.2) is 38.6 Å². The standard InChI is InChI=1S/C29H38O7/c1-8-18(6)26(32)25-28(34)20(14-13-17(5)12-10-11-16(3)4)27(33)24-21(15-23(31)36-29(24)25)22(9-2)35-19(7)30/h11,13,15,18,22,33-34H,8-10,12,14H2,1-7H3/t18-,22-/m1/s1. The number of hydrogen-bond donors (Lipinski definition) is 2. The van der Waals surface area contributed by atoms with E-state index >= 15 is 0 Å². The number of rotatable bonds is 11. The minimum absolute atomic E-state index is 0.0951. The SMILES string of the molecule is CC[C@@H](C)C(=O)c1c(O)c(CC=C(C)CCC=C(C)C)c(O)c2c([C@@H](CC)OC(C)=O)cc(=O)oc12. The van der Waals surface area contributed by atoms with Crippen LogP contribution in [-0.2, 0) is 16.0 Å². The number of fused-ring (bicyclic) bond motifs is 1. The first kappa shape index (κ1) is 28.9. The second kappa shape index (κ2) is 12.6. The Balaban J connectivity index is 2.84. The fourth-order valence-corrected chi connectivity index (χ4v) is 4.09. The van der Waals surface area contributed by atoms with Crippen molar-refractivity contribution in [2.45, 2.75) is 86.7 Å². The van der Waals surface area contributed by atoms with E-state index in [2.05, 4.69) is 6.08 Å². The van der Waals surface area contributed by atoms with Gasteiger partial charge < -0.3 is 19.4 Å². The van der Waals surface area contributed by atoms with Gasteiger partial charge in [0, 0.05) is 30.0 Å². The van der Waals surface area contributed by atoms with Crippen LogP contribution in [0.25, 0.3) is 11.0 Å². The average molecular weight is 499 g/mol. The van der Waals surface area contributed by atoms with Crippen LogP contribution in [-0.4, -0.2) is 22.0 Å². The van der Waals surface area contributed by atoms with E-state index < -0.39 is 35.1 Å². The first-order valence-electron chi connectivity index (χ1n) is 12.5. The highest BCUT2D eigenvalue weighted by atomic mass is 16.5. The molecule has 0 fully saturated rings. The lowest BCUT2D eigenvalue weighted by Gasteiger charge is -2.21. The number of ketones is 1. The molecule has 0 aliphatic heterocycles. The number of esters is 1. The monoisotopic (exact) mass is 498 g/mol. The minimum Gasteiger partial charge on any atom is -0.507 e. The van der Waals surface area contributed by atoms with Gasteiger partial charge in [0.2, 0.25) is 0 Å². The van der Waals surface area contributed by atoms with Crippen molar-refractivity contribution in [3.05, 3.63) is 56.5 Å². The Bertz CT molecular complexity index is 1240. The molecule has 2 atom stereocenters. The van der Waals surface area contributed by atoms with Gasteiger partial charge in [-0.15, -0.1) is 0 Å². The highest BCUT2D eigenvalue weighted by Gasteiger charge is 2.31. The van der Waals surface area contributed by atoms with Gasteiger partial charge in [0.1, 0.15) is 23.2 Å². The van der Waals surface area contributed by atoms with E-state index in [0.717, 1.165) is 24.5 Å². The Morgan fingerprint density at radius 3 is 2.28 bits per heavy atom. The summed E-state index contributed by atoms with van der Waals surface area (Å²) < 4.78 is 10.8. The van der Waals surface area contributed by atoms with E-state index in [9.17, 15) is 24.6 Å². The fourth-order valence-electron chi connectivity index (χ4n) is 4.09. The van der Waals surface area contributed by atoms with Gasteiger partial charge in [-0.3, -0.25) is 9.59 Å². The van der Waals surface area contributed by atoms with Crippen LogP contribution >= 0.6 is 0 Å². The van der Waals surface area contributed by atoms with Crippen LogP contribution in [0.4, 0.5) is 0 Å². The van der Waals surface area contributed by atoms with E-state index in [0.29, 0.717) is 12.8 Å². The largest absolute Gasteiger partial charge is 0.507 e. The van der Waals surface area contributed by atoms with Gasteiger partial charge in [-0.25, -0.2) is 4.79 Å². The molecule has 2 rings (SSSR count). The Morgan fingerprint density at radius 2 is 1.72 bits per heavy atom. The summed E-state index contributed by atoms with van der Waals surface area (Å²) in [5, 5.41) is 22.6. The van der Waals surface area contributed by atoms with E-state index in [1.807, 2.05) is 33.8 Å². The van der Waals surface area contributed by atoms with Crippen molar-refractivity contribution in [2.75, 3.05) is 0 Å². The summed E-state index contributed by atoms with van der Waals surface area (Å²) in [6, 6.07) is 1.16. The van der Waals surface area contributed by atoms with Crippen LogP contribution in [0, 0.1) is 5.92 Å². The van der Waals surface area contributed by atoms with E-state index in [-0.39, 0.29) is 39.8 Å². The number of allylic oxidation sites excluding steroid dienone is 4. The molecular weight excluding hydrogens is 460 g/mol. The molecule has 0 saturated heterocycles. The number of aromatic hydroxyl groups is 2. The molecule has 0 unspecified atom stereocenters. The second-order valence-corrected chi connectivity index (χ2v) is 9.53. The number of hydrogen-bond acceptors (Lipinski definition) is 7. The molecule has 7 heteroatoms. The Labute approximate surface area is 212 Å². The molecule has 2 aromatic rings. The topological polar surface area (TPSA) is 114 Å². The highest BCUT2D eigenvalue weighted by molar-refractivity contribution is 6.12. The van der Waals surface area contributed by atoms with Gasteiger partial charge >= 0.3 is 11.6 Å². The molecule has 1 aromatic carbocycles. The zero-order valence-electron chi connectivity index (χ0n) is 22.4. The molecule has 0 radical (unpaired) electrons. The summed E-state index contributed by atoms with van der Waals surface area (Å²) in [5.74, 6) is -2.11. The molecule has 1 aromatic heterocycles. The molecule has 0 spiro atoms. The van der Waals surface area contributed by atoms with Crippen molar-refractivity contribution in [3.63, 3.8) is 0 Å². The molecular formula is C29H38O7. The van der Waals surface area contributed by atoms with Crippen molar-refractivity contribution in [2.24, 2.45) is 5.92 Å². The lowest BCUT2D eigenvalue weighted by molar-refractivity contribution is -0.146. The number of phenols is 2. The third-order valence-electron chi connectivity index (χ3n) is 6.34. The van der Waals surface area contributed by atoms with Crippen molar-refractivity contribution in [1.82, 2.24) is 0 Å². The molecule has 0 amide bonds. The lowest BCUT2D eigenvalue weighted by Crippen LogP contribution is -2.16. The lowest BCUT2D eigenvalue weighted by atomic mass is 9.89. The number of Topliss-reactive ketones (excluding diaryl/α,β-unsaturated/α-hetero) is 1. The molecule has 7 nitrogen and oxygen atoms in total. The predicted molar refractivity (Wildman–Crippen MR) is 141 cm³/mol. The Morgan fingerprint density at radius 1 is 1.06 bits per heavy atom. The van der Waals surface area contributed by atoms with Crippen LogP contribution < -0.4 is 5.63 Å². The van der Waals surface area contributed by atoms with E-state index in [1.54, 1.807) is 13.8 Å². The molecule has 196 valence electrons. The maximum Gasteiger partial charge on any atom is 0.336 e. The summed E-state index contributed by atoms with van der Waals surface area (Å²) in [7, 11) is 0. The maximum atomic E-state index is 13.3. The molecule has 0 bridgehead atoms. The molecule has 0 saturated carbocycles. The van der Waals surface area contributed by atoms with E-state index in [4.69, 9.17) is 9.15 Å². The van der Waals surface area contributed by atoms with Gasteiger partial charge in [-0.05, 0) is 52.9 Å². The van der Waals surface area contributed by atoms with Crippen molar-refractivity contribution in [3.8, 4) is 11.5 Å². The number of carbonyl (C=O) groups is 2. The van der Waals surface area contributed by atoms with Gasteiger partial charge in [0.25, 0.3) is 0 Å². The maximum absolute atomic E-state index is 13.3. The smallest absolute Gasteiger partial charge is 0.336 e. The van der Waals surface area contributed by atoms with Gasteiger partial charge in [0.15, 0.2) is 11.4 Å². The Kier molecular flexibility index (Phi) is 10.1. The Hall–Kier alpha value is -3.35. The fraction of sp³-hybridized carbons (Fsp3) is 0.483. The highest BCUT2D eigenvalue weighted by Crippen LogP contribution is 2.44. The minimum atomic E-state index is -0.842. The number of ether oxygens (including phenoxy) is 1. The zero-order valence-corrected chi connectivity index (χ0v) is 22.4. The van der Waals surface area contributed by atoms with Gasteiger partial charge in [0.05, 0.1) is 5.39 Å². The summed E-state index contributed by atoms with van der Waals surface area (Å²) in [4.78, 5) is 37.6. The number of phenolic OH excluding ortho intramolecular Hbond substituents is 2. The van der Waals surface area contributed by atoms with Crippen molar-refractivity contribution in [1.29, 1.82) is 0 Å². The molecule has 2 N–H and O–H groups in total. The number of carbonyl (C=O) groups excluding carboxylic acids is 2. The number of benzene rings is 1.